The van der Waals surface area contributed by atoms with Gasteiger partial charge in [-0.2, -0.15) is 0 Å². The first-order chi connectivity index (χ1) is 7.16. The number of nitrogen functional groups attached to an aromatic ring is 1. The Morgan fingerprint density at radius 2 is 1.80 bits per heavy atom. The molecule has 0 saturated heterocycles. The summed E-state index contributed by atoms with van der Waals surface area (Å²) in [6.45, 7) is 4.00. The molecule has 0 spiro atoms. The van der Waals surface area contributed by atoms with E-state index in [-0.39, 0.29) is 5.28 Å². The van der Waals surface area contributed by atoms with Crippen LogP contribution in [0.1, 0.15) is 13.8 Å². The van der Waals surface area contributed by atoms with Crippen molar-refractivity contribution >= 4 is 39.9 Å². The van der Waals surface area contributed by atoms with Gasteiger partial charge in [0.1, 0.15) is 5.82 Å². The van der Waals surface area contributed by atoms with E-state index in [1.54, 1.807) is 18.2 Å². The summed E-state index contributed by atoms with van der Waals surface area (Å²) in [4.78, 5) is 7.81. The van der Waals surface area contributed by atoms with Gasteiger partial charge in [0.25, 0.3) is 0 Å². The average molecular weight is 244 g/mol. The lowest BCUT2D eigenvalue weighted by Gasteiger charge is -2.00. The summed E-state index contributed by atoms with van der Waals surface area (Å²) in [5.74, 6) is 0.345. The van der Waals surface area contributed by atoms with Crippen LogP contribution in [0.2, 0.25) is 10.3 Å². The van der Waals surface area contributed by atoms with Crippen LogP contribution in [0.3, 0.4) is 0 Å². The normalized spacial score (nSPS) is 9.60. The molecule has 2 aromatic rings. The fraction of sp³-hybridized carbons (Fsp3) is 0.200. The van der Waals surface area contributed by atoms with Gasteiger partial charge in [0.15, 0.2) is 0 Å². The molecule has 0 radical (unpaired) electrons. The molecule has 15 heavy (non-hydrogen) atoms. The summed E-state index contributed by atoms with van der Waals surface area (Å²) in [5, 5.41) is 1.47. The third kappa shape index (κ3) is 2.70. The van der Waals surface area contributed by atoms with Gasteiger partial charge >= 0.3 is 0 Å². The zero-order valence-corrected chi connectivity index (χ0v) is 9.97. The third-order valence-electron chi connectivity index (χ3n) is 1.66. The van der Waals surface area contributed by atoms with Gasteiger partial charge in [-0.15, -0.1) is 0 Å². The molecule has 2 rings (SSSR count). The Morgan fingerprint density at radius 1 is 1.13 bits per heavy atom. The molecule has 1 heterocycles. The van der Waals surface area contributed by atoms with Gasteiger partial charge in [0.2, 0.25) is 5.28 Å². The van der Waals surface area contributed by atoms with Crippen molar-refractivity contribution in [3.05, 3.63) is 28.5 Å². The van der Waals surface area contributed by atoms with Crippen molar-refractivity contribution in [3.8, 4) is 0 Å². The van der Waals surface area contributed by atoms with E-state index in [0.717, 1.165) is 5.39 Å². The Kier molecular flexibility index (Phi) is 4.12. The van der Waals surface area contributed by atoms with E-state index in [2.05, 4.69) is 9.97 Å². The number of hydrogen-bond donors (Lipinski definition) is 1. The van der Waals surface area contributed by atoms with Crippen LogP contribution in [0, 0.1) is 0 Å². The second kappa shape index (κ2) is 5.14. The van der Waals surface area contributed by atoms with Crippen molar-refractivity contribution in [1.82, 2.24) is 9.97 Å². The molecule has 3 nitrogen and oxygen atoms in total. The van der Waals surface area contributed by atoms with Crippen LogP contribution in [0.15, 0.2) is 18.2 Å². The first-order valence-corrected chi connectivity index (χ1v) is 5.31. The standard InChI is InChI=1S/C8H5Cl2N3.C2H6/c9-4-1-2-6-5(3-4)7(11)13-8(10)12-6;1-2/h1-3H,(H2,11,12,13);1-2H3. The maximum absolute atomic E-state index is 5.79. The maximum atomic E-state index is 5.79. The van der Waals surface area contributed by atoms with Gasteiger partial charge in [-0.3, -0.25) is 0 Å². The van der Waals surface area contributed by atoms with E-state index in [1.807, 2.05) is 13.8 Å². The van der Waals surface area contributed by atoms with Crippen molar-refractivity contribution in [2.24, 2.45) is 0 Å². The summed E-state index contributed by atoms with van der Waals surface area (Å²) in [5.41, 5.74) is 6.33. The Labute approximate surface area is 98.2 Å². The van der Waals surface area contributed by atoms with Gasteiger partial charge in [-0.25, -0.2) is 9.97 Å². The molecule has 0 unspecified atom stereocenters. The molecule has 0 atom stereocenters. The van der Waals surface area contributed by atoms with Crippen LogP contribution in [-0.4, -0.2) is 9.97 Å². The molecular weight excluding hydrogens is 233 g/mol. The summed E-state index contributed by atoms with van der Waals surface area (Å²) < 4.78 is 0. The molecule has 5 heteroatoms. The second-order valence-corrected chi connectivity index (χ2v) is 3.31. The maximum Gasteiger partial charge on any atom is 0.224 e. The van der Waals surface area contributed by atoms with E-state index in [0.29, 0.717) is 16.4 Å². The molecule has 1 aromatic heterocycles. The first-order valence-electron chi connectivity index (χ1n) is 4.55. The number of anilines is 1. The highest BCUT2D eigenvalue weighted by molar-refractivity contribution is 6.31. The first kappa shape index (κ1) is 12.0. The van der Waals surface area contributed by atoms with Crippen LogP contribution in [0.25, 0.3) is 10.9 Å². The Balaban J connectivity index is 0.000000531. The zero-order chi connectivity index (χ0) is 11.4. The minimum Gasteiger partial charge on any atom is -0.383 e. The summed E-state index contributed by atoms with van der Waals surface area (Å²) in [7, 11) is 0. The van der Waals surface area contributed by atoms with Crippen molar-refractivity contribution < 1.29 is 0 Å². The van der Waals surface area contributed by atoms with Gasteiger partial charge in [0, 0.05) is 10.4 Å². The Morgan fingerprint density at radius 3 is 2.47 bits per heavy atom. The number of rotatable bonds is 0. The Bertz CT molecular complexity index is 471. The van der Waals surface area contributed by atoms with E-state index in [4.69, 9.17) is 28.9 Å². The molecule has 0 amide bonds. The van der Waals surface area contributed by atoms with Gasteiger partial charge in [-0.1, -0.05) is 25.4 Å². The highest BCUT2D eigenvalue weighted by Gasteiger charge is 2.03. The van der Waals surface area contributed by atoms with E-state index < -0.39 is 0 Å². The van der Waals surface area contributed by atoms with Crippen molar-refractivity contribution in [2.75, 3.05) is 5.73 Å². The van der Waals surface area contributed by atoms with E-state index in [1.165, 1.54) is 0 Å². The van der Waals surface area contributed by atoms with Crippen LogP contribution in [0.5, 0.6) is 0 Å². The zero-order valence-electron chi connectivity index (χ0n) is 8.46. The van der Waals surface area contributed by atoms with Crippen LogP contribution in [0.4, 0.5) is 5.82 Å². The third-order valence-corrected chi connectivity index (χ3v) is 2.06. The molecule has 0 bridgehead atoms. The molecule has 0 fully saturated rings. The predicted molar refractivity (Wildman–Crippen MR) is 65.3 cm³/mol. The molecule has 0 aliphatic heterocycles. The van der Waals surface area contributed by atoms with Gasteiger partial charge in [-0.05, 0) is 29.8 Å². The largest absolute Gasteiger partial charge is 0.383 e. The number of fused-ring (bicyclic) bond motifs is 1. The molecule has 0 aliphatic rings. The molecule has 80 valence electrons. The minimum atomic E-state index is 0.146. The lowest BCUT2D eigenvalue weighted by Crippen LogP contribution is -1.94. The smallest absolute Gasteiger partial charge is 0.224 e. The van der Waals surface area contributed by atoms with Gasteiger partial charge < -0.3 is 5.73 Å². The average Bonchev–Trinajstić information content (AvgIpc) is 2.22. The molecule has 1 aromatic carbocycles. The summed E-state index contributed by atoms with van der Waals surface area (Å²) >= 11 is 11.4. The molecular formula is C10H11Cl2N3. The minimum absolute atomic E-state index is 0.146. The second-order valence-electron chi connectivity index (χ2n) is 2.54. The monoisotopic (exact) mass is 243 g/mol. The lowest BCUT2D eigenvalue weighted by molar-refractivity contribution is 1.23. The number of nitrogens with zero attached hydrogens (tertiary/aromatic N) is 2. The van der Waals surface area contributed by atoms with E-state index in [9.17, 15) is 0 Å². The molecule has 2 N–H and O–H groups in total. The molecule has 0 saturated carbocycles. The van der Waals surface area contributed by atoms with Crippen LogP contribution in [-0.2, 0) is 0 Å². The van der Waals surface area contributed by atoms with Crippen LogP contribution >= 0.6 is 23.2 Å². The fourth-order valence-corrected chi connectivity index (χ4v) is 1.45. The van der Waals surface area contributed by atoms with Crippen molar-refractivity contribution in [2.45, 2.75) is 13.8 Å². The summed E-state index contributed by atoms with van der Waals surface area (Å²) in [6.07, 6.45) is 0. The van der Waals surface area contributed by atoms with Gasteiger partial charge in [0.05, 0.1) is 5.52 Å². The fourth-order valence-electron chi connectivity index (χ4n) is 1.09. The van der Waals surface area contributed by atoms with Crippen LogP contribution < -0.4 is 5.73 Å². The number of benzene rings is 1. The highest BCUT2D eigenvalue weighted by Crippen LogP contribution is 2.22. The highest BCUT2D eigenvalue weighted by atomic mass is 35.5. The molecule has 0 aliphatic carbocycles. The van der Waals surface area contributed by atoms with E-state index >= 15 is 0 Å². The number of nitrogens with two attached hydrogens (primary N) is 1. The topological polar surface area (TPSA) is 51.8 Å². The van der Waals surface area contributed by atoms with Crippen molar-refractivity contribution in [3.63, 3.8) is 0 Å². The predicted octanol–water partition coefficient (Wildman–Crippen LogP) is 3.55. The summed E-state index contributed by atoms with van der Waals surface area (Å²) in [6, 6.07) is 5.19. The number of halogens is 2. The number of hydrogen-bond acceptors (Lipinski definition) is 3. The SMILES string of the molecule is CC.Nc1nc(Cl)nc2ccc(Cl)cc12. The Hall–Kier alpha value is -1.06. The lowest BCUT2D eigenvalue weighted by atomic mass is 10.2. The quantitative estimate of drug-likeness (QED) is 0.721. The number of aromatic nitrogens is 2. The van der Waals surface area contributed by atoms with Crippen molar-refractivity contribution in [1.29, 1.82) is 0 Å².